The van der Waals surface area contributed by atoms with E-state index in [9.17, 15) is 9.59 Å². The zero-order valence-corrected chi connectivity index (χ0v) is 17.8. The van der Waals surface area contributed by atoms with E-state index >= 15 is 0 Å². The zero-order chi connectivity index (χ0) is 20.3. The number of benzene rings is 2. The second-order valence-electron chi connectivity index (χ2n) is 7.87. The standard InChI is InChI=1S/C23H28N2O2S/c1-15(2)12-21-25(23(27)18-7-5-6-17(4)13-18)20(14-28-21)22(26)24-19-10-8-16(3)9-11-19/h5-11,13,15,20-21H,12,14H2,1-4H3,(H,24,26). The molecule has 3 rings (SSSR count). The molecule has 1 saturated heterocycles. The number of amides is 2. The summed E-state index contributed by atoms with van der Waals surface area (Å²) in [5, 5.41) is 3.00. The van der Waals surface area contributed by atoms with E-state index in [1.54, 1.807) is 16.7 Å². The van der Waals surface area contributed by atoms with E-state index in [1.807, 2.05) is 62.4 Å². The van der Waals surface area contributed by atoms with Gasteiger partial charge in [0, 0.05) is 17.0 Å². The number of hydrogen-bond acceptors (Lipinski definition) is 3. The molecular weight excluding hydrogens is 368 g/mol. The van der Waals surface area contributed by atoms with Gasteiger partial charge in [0.15, 0.2) is 0 Å². The molecule has 1 N–H and O–H groups in total. The predicted octanol–water partition coefficient (Wildman–Crippen LogP) is 4.87. The number of thioether (sulfide) groups is 1. The minimum atomic E-state index is -0.469. The largest absolute Gasteiger partial charge is 0.324 e. The molecule has 2 unspecified atom stereocenters. The maximum atomic E-state index is 13.3. The molecule has 0 bridgehead atoms. The highest BCUT2D eigenvalue weighted by atomic mass is 32.2. The van der Waals surface area contributed by atoms with Crippen LogP contribution in [0.1, 0.15) is 41.8 Å². The molecule has 0 aromatic heterocycles. The average Bonchev–Trinajstić information content (AvgIpc) is 3.06. The molecule has 2 aromatic rings. The van der Waals surface area contributed by atoms with Crippen molar-refractivity contribution in [1.29, 1.82) is 0 Å². The van der Waals surface area contributed by atoms with E-state index < -0.39 is 6.04 Å². The van der Waals surface area contributed by atoms with E-state index in [1.165, 1.54) is 0 Å². The summed E-state index contributed by atoms with van der Waals surface area (Å²) in [5.74, 6) is 0.878. The molecular formula is C23H28N2O2S. The average molecular weight is 397 g/mol. The number of carbonyl (C=O) groups excluding carboxylic acids is 2. The lowest BCUT2D eigenvalue weighted by molar-refractivity contribution is -0.119. The van der Waals surface area contributed by atoms with Crippen molar-refractivity contribution in [3.05, 3.63) is 65.2 Å². The summed E-state index contributed by atoms with van der Waals surface area (Å²) in [6, 6.07) is 14.9. The van der Waals surface area contributed by atoms with Gasteiger partial charge in [0.25, 0.3) is 5.91 Å². The highest BCUT2D eigenvalue weighted by Crippen LogP contribution is 2.35. The third kappa shape index (κ3) is 4.76. The summed E-state index contributed by atoms with van der Waals surface area (Å²) in [7, 11) is 0. The number of anilines is 1. The minimum absolute atomic E-state index is 0.0155. The van der Waals surface area contributed by atoms with Crippen LogP contribution in [-0.2, 0) is 4.79 Å². The van der Waals surface area contributed by atoms with Crippen molar-refractivity contribution in [2.24, 2.45) is 5.92 Å². The Morgan fingerprint density at radius 1 is 1.11 bits per heavy atom. The van der Waals surface area contributed by atoms with Gasteiger partial charge in [-0.2, -0.15) is 0 Å². The van der Waals surface area contributed by atoms with Gasteiger partial charge in [-0.1, -0.05) is 49.2 Å². The van der Waals surface area contributed by atoms with Crippen LogP contribution < -0.4 is 5.32 Å². The number of nitrogens with one attached hydrogen (secondary N) is 1. The summed E-state index contributed by atoms with van der Waals surface area (Å²) in [6.45, 7) is 8.28. The van der Waals surface area contributed by atoms with Crippen molar-refractivity contribution >= 4 is 29.3 Å². The third-order valence-corrected chi connectivity index (χ3v) is 6.20. The Morgan fingerprint density at radius 2 is 1.82 bits per heavy atom. The van der Waals surface area contributed by atoms with E-state index in [-0.39, 0.29) is 17.2 Å². The molecule has 1 aliphatic heterocycles. The molecule has 2 atom stereocenters. The van der Waals surface area contributed by atoms with Crippen molar-refractivity contribution in [3.8, 4) is 0 Å². The van der Waals surface area contributed by atoms with Gasteiger partial charge in [-0.15, -0.1) is 11.8 Å². The lowest BCUT2D eigenvalue weighted by Gasteiger charge is -2.30. The number of carbonyl (C=O) groups is 2. The van der Waals surface area contributed by atoms with Crippen molar-refractivity contribution in [2.45, 2.75) is 45.5 Å². The van der Waals surface area contributed by atoms with Gasteiger partial charge >= 0.3 is 0 Å². The first-order chi connectivity index (χ1) is 13.3. The van der Waals surface area contributed by atoms with Crippen LogP contribution in [0.15, 0.2) is 48.5 Å². The topological polar surface area (TPSA) is 49.4 Å². The van der Waals surface area contributed by atoms with Gasteiger partial charge < -0.3 is 10.2 Å². The molecule has 1 fully saturated rings. The number of hydrogen-bond donors (Lipinski definition) is 1. The molecule has 0 saturated carbocycles. The van der Waals surface area contributed by atoms with Crippen LogP contribution in [0.4, 0.5) is 5.69 Å². The first kappa shape index (κ1) is 20.5. The third-order valence-electron chi connectivity index (χ3n) is 4.89. The summed E-state index contributed by atoms with van der Waals surface area (Å²) in [5.41, 5.74) is 3.58. The van der Waals surface area contributed by atoms with Gasteiger partial charge in [0.2, 0.25) is 5.91 Å². The van der Waals surface area contributed by atoms with Crippen LogP contribution >= 0.6 is 11.8 Å². The molecule has 0 aliphatic carbocycles. The molecule has 1 heterocycles. The van der Waals surface area contributed by atoms with Crippen molar-refractivity contribution < 1.29 is 9.59 Å². The molecule has 4 nitrogen and oxygen atoms in total. The molecule has 2 aromatic carbocycles. The molecule has 1 aliphatic rings. The Hall–Kier alpha value is -2.27. The Balaban J connectivity index is 1.84. The minimum Gasteiger partial charge on any atom is -0.324 e. The second kappa shape index (κ2) is 8.82. The summed E-state index contributed by atoms with van der Waals surface area (Å²) >= 11 is 1.70. The fraction of sp³-hybridized carbons (Fsp3) is 0.391. The molecule has 28 heavy (non-hydrogen) atoms. The summed E-state index contributed by atoms with van der Waals surface area (Å²) in [4.78, 5) is 28.2. The SMILES string of the molecule is Cc1ccc(NC(=O)C2CSC(CC(C)C)N2C(=O)c2cccc(C)c2)cc1. The van der Waals surface area contributed by atoms with Crippen molar-refractivity contribution in [1.82, 2.24) is 4.90 Å². The smallest absolute Gasteiger partial charge is 0.255 e. The zero-order valence-electron chi connectivity index (χ0n) is 16.9. The monoisotopic (exact) mass is 396 g/mol. The lowest BCUT2D eigenvalue weighted by Crippen LogP contribution is -2.48. The van der Waals surface area contributed by atoms with Gasteiger partial charge in [0.1, 0.15) is 6.04 Å². The highest BCUT2D eigenvalue weighted by Gasteiger charge is 2.42. The summed E-state index contributed by atoms with van der Waals surface area (Å²) < 4.78 is 0. The fourth-order valence-electron chi connectivity index (χ4n) is 3.41. The van der Waals surface area contributed by atoms with E-state index in [2.05, 4.69) is 19.2 Å². The van der Waals surface area contributed by atoms with Gasteiger partial charge in [-0.05, 0) is 50.5 Å². The van der Waals surface area contributed by atoms with Gasteiger partial charge in [0.05, 0.1) is 5.37 Å². The molecule has 5 heteroatoms. The first-order valence-corrected chi connectivity index (χ1v) is 10.8. The normalized spacial score (nSPS) is 19.1. The van der Waals surface area contributed by atoms with Gasteiger partial charge in [-0.25, -0.2) is 0 Å². The number of nitrogens with zero attached hydrogens (tertiary/aromatic N) is 1. The van der Waals surface area contributed by atoms with Crippen LogP contribution in [0.25, 0.3) is 0 Å². The Labute approximate surface area is 171 Å². The predicted molar refractivity (Wildman–Crippen MR) is 117 cm³/mol. The highest BCUT2D eigenvalue weighted by molar-refractivity contribution is 8.00. The van der Waals surface area contributed by atoms with E-state index in [0.717, 1.165) is 23.2 Å². The van der Waals surface area contributed by atoms with Gasteiger partial charge in [-0.3, -0.25) is 9.59 Å². The van der Waals surface area contributed by atoms with Crippen LogP contribution in [0.3, 0.4) is 0 Å². The van der Waals surface area contributed by atoms with Crippen LogP contribution in [0.2, 0.25) is 0 Å². The van der Waals surface area contributed by atoms with Crippen LogP contribution in [0.5, 0.6) is 0 Å². The quantitative estimate of drug-likeness (QED) is 0.784. The number of rotatable bonds is 5. The molecule has 148 valence electrons. The Kier molecular flexibility index (Phi) is 6.45. The Morgan fingerprint density at radius 3 is 2.46 bits per heavy atom. The maximum Gasteiger partial charge on any atom is 0.255 e. The van der Waals surface area contributed by atoms with Crippen molar-refractivity contribution in [2.75, 3.05) is 11.1 Å². The molecule has 0 spiro atoms. The van der Waals surface area contributed by atoms with E-state index in [4.69, 9.17) is 0 Å². The van der Waals surface area contributed by atoms with Crippen molar-refractivity contribution in [3.63, 3.8) is 0 Å². The van der Waals surface area contributed by atoms with Crippen LogP contribution in [0, 0.1) is 19.8 Å². The first-order valence-electron chi connectivity index (χ1n) is 9.73. The number of aryl methyl sites for hydroxylation is 2. The molecule has 0 radical (unpaired) electrons. The molecule has 2 amide bonds. The summed E-state index contributed by atoms with van der Waals surface area (Å²) in [6.07, 6.45) is 0.872. The van der Waals surface area contributed by atoms with Crippen LogP contribution in [-0.4, -0.2) is 33.9 Å². The lowest BCUT2D eigenvalue weighted by atomic mass is 10.1. The van der Waals surface area contributed by atoms with E-state index in [0.29, 0.717) is 17.2 Å². The second-order valence-corrected chi connectivity index (χ2v) is 9.08. The maximum absolute atomic E-state index is 13.3. The Bertz CT molecular complexity index is 848. The fourth-order valence-corrected chi connectivity index (χ4v) is 5.05.